The molecule has 138 valence electrons. The van der Waals surface area contributed by atoms with Crippen LogP contribution in [0.25, 0.3) is 5.76 Å². The molecule has 2 aromatic rings. The van der Waals surface area contributed by atoms with Gasteiger partial charge in [-0.1, -0.05) is 49.6 Å². The monoisotopic (exact) mass is 362 g/mol. The van der Waals surface area contributed by atoms with E-state index in [4.69, 9.17) is 0 Å². The minimum absolute atomic E-state index is 0.0226. The maximum Gasteiger partial charge on any atom is 0.295 e. The van der Waals surface area contributed by atoms with Crippen molar-refractivity contribution in [3.8, 4) is 0 Å². The van der Waals surface area contributed by atoms with Gasteiger partial charge in [0.25, 0.3) is 11.7 Å². The van der Waals surface area contributed by atoms with Gasteiger partial charge in [-0.15, -0.1) is 0 Å². The number of pyridine rings is 1. The molecule has 0 spiro atoms. The smallest absolute Gasteiger partial charge is 0.295 e. The maximum absolute atomic E-state index is 12.9. The Morgan fingerprint density at radius 3 is 2.30 bits per heavy atom. The molecule has 0 radical (unpaired) electrons. The molecule has 1 aliphatic heterocycles. The average molecular weight is 362 g/mol. The molecule has 2 aliphatic rings. The highest BCUT2D eigenvalue weighted by Gasteiger charge is 2.48. The van der Waals surface area contributed by atoms with Crippen molar-refractivity contribution in [2.24, 2.45) is 0 Å². The van der Waals surface area contributed by atoms with Crippen LogP contribution >= 0.6 is 0 Å². The number of ketones is 1. The number of aliphatic hydroxyl groups is 1. The molecule has 5 heteroatoms. The number of hydrogen-bond acceptors (Lipinski definition) is 4. The molecule has 1 aliphatic carbocycles. The second-order valence-corrected chi connectivity index (χ2v) is 7.14. The quantitative estimate of drug-likeness (QED) is 0.512. The standard InChI is InChI=1S/C22H22N2O3/c25-20(16-7-3-1-4-8-16)18-19(15-11-13-23-14-12-15)24(22(27)21(18)26)17-9-5-2-6-10-17/h1,3-4,7-8,11-14,17,19,25H,2,5-6,9-10H2/b20-18-. The summed E-state index contributed by atoms with van der Waals surface area (Å²) in [6.07, 6.45) is 8.34. The van der Waals surface area contributed by atoms with E-state index in [9.17, 15) is 14.7 Å². The lowest BCUT2D eigenvalue weighted by atomic mass is 9.91. The van der Waals surface area contributed by atoms with Crippen molar-refractivity contribution in [2.45, 2.75) is 44.2 Å². The van der Waals surface area contributed by atoms with Crippen molar-refractivity contribution >= 4 is 17.4 Å². The van der Waals surface area contributed by atoms with Crippen molar-refractivity contribution in [3.63, 3.8) is 0 Å². The second kappa shape index (κ2) is 7.35. The van der Waals surface area contributed by atoms with Gasteiger partial charge in [0.15, 0.2) is 0 Å². The second-order valence-electron chi connectivity index (χ2n) is 7.14. The van der Waals surface area contributed by atoms with Crippen molar-refractivity contribution in [1.82, 2.24) is 9.88 Å². The van der Waals surface area contributed by atoms with Crippen LogP contribution in [0.2, 0.25) is 0 Å². The van der Waals surface area contributed by atoms with E-state index < -0.39 is 17.7 Å². The van der Waals surface area contributed by atoms with Crippen LogP contribution in [0.3, 0.4) is 0 Å². The fourth-order valence-corrected chi connectivity index (χ4v) is 4.21. The molecule has 0 bridgehead atoms. The molecular weight excluding hydrogens is 340 g/mol. The summed E-state index contributed by atoms with van der Waals surface area (Å²) in [6, 6.07) is 12.0. The molecule has 1 N–H and O–H groups in total. The summed E-state index contributed by atoms with van der Waals surface area (Å²) in [6.45, 7) is 0. The molecule has 1 aromatic heterocycles. The molecule has 5 nitrogen and oxygen atoms in total. The summed E-state index contributed by atoms with van der Waals surface area (Å²) < 4.78 is 0. The van der Waals surface area contributed by atoms with E-state index in [1.54, 1.807) is 41.6 Å². The fourth-order valence-electron chi connectivity index (χ4n) is 4.21. The van der Waals surface area contributed by atoms with Crippen LogP contribution in [0.15, 0.2) is 60.4 Å². The summed E-state index contributed by atoms with van der Waals surface area (Å²) in [5, 5.41) is 10.9. The van der Waals surface area contributed by atoms with Gasteiger partial charge in [-0.05, 0) is 30.5 Å². The Hall–Kier alpha value is -2.95. The number of amides is 1. The molecule has 1 saturated heterocycles. The summed E-state index contributed by atoms with van der Waals surface area (Å²) in [5.74, 6) is -1.24. The molecule has 1 amide bonds. The average Bonchev–Trinajstić information content (AvgIpc) is 3.00. The van der Waals surface area contributed by atoms with Crippen LogP contribution in [0.4, 0.5) is 0 Å². The number of aliphatic hydroxyl groups excluding tert-OH is 1. The fraction of sp³-hybridized carbons (Fsp3) is 0.318. The van der Waals surface area contributed by atoms with Crippen LogP contribution < -0.4 is 0 Å². The van der Waals surface area contributed by atoms with Gasteiger partial charge >= 0.3 is 0 Å². The summed E-state index contributed by atoms with van der Waals surface area (Å²) >= 11 is 0. The topological polar surface area (TPSA) is 70.5 Å². The van der Waals surface area contributed by atoms with Crippen molar-refractivity contribution in [3.05, 3.63) is 71.6 Å². The first-order chi connectivity index (χ1) is 13.2. The number of hydrogen-bond donors (Lipinski definition) is 1. The van der Waals surface area contributed by atoms with E-state index in [-0.39, 0.29) is 17.4 Å². The van der Waals surface area contributed by atoms with E-state index in [0.717, 1.165) is 37.7 Å². The third-order valence-corrected chi connectivity index (χ3v) is 5.52. The third kappa shape index (κ3) is 3.14. The summed E-state index contributed by atoms with van der Waals surface area (Å²) in [4.78, 5) is 31.6. The predicted molar refractivity (Wildman–Crippen MR) is 102 cm³/mol. The zero-order valence-electron chi connectivity index (χ0n) is 15.0. The van der Waals surface area contributed by atoms with Gasteiger partial charge in [-0.25, -0.2) is 0 Å². The van der Waals surface area contributed by atoms with Crippen LogP contribution in [0.1, 0.15) is 49.3 Å². The number of benzene rings is 1. The van der Waals surface area contributed by atoms with E-state index in [1.165, 1.54) is 0 Å². The maximum atomic E-state index is 12.9. The molecule has 1 saturated carbocycles. The first-order valence-corrected chi connectivity index (χ1v) is 9.44. The SMILES string of the molecule is O=C1C(=O)N(C2CCCCC2)C(c2ccncc2)/C1=C(/O)c1ccccc1. The minimum atomic E-state index is -0.608. The number of carbonyl (C=O) groups excluding carboxylic acids is 2. The highest BCUT2D eigenvalue weighted by molar-refractivity contribution is 6.46. The largest absolute Gasteiger partial charge is 0.507 e. The molecular formula is C22H22N2O3. The lowest BCUT2D eigenvalue weighted by Gasteiger charge is -2.35. The molecule has 2 fully saturated rings. The van der Waals surface area contributed by atoms with E-state index in [0.29, 0.717) is 5.56 Å². The van der Waals surface area contributed by atoms with Gasteiger partial charge < -0.3 is 10.0 Å². The van der Waals surface area contributed by atoms with Crippen LogP contribution in [-0.2, 0) is 9.59 Å². The van der Waals surface area contributed by atoms with Crippen molar-refractivity contribution in [1.29, 1.82) is 0 Å². The molecule has 1 unspecified atom stereocenters. The van der Waals surface area contributed by atoms with Crippen molar-refractivity contribution < 1.29 is 14.7 Å². The molecule has 27 heavy (non-hydrogen) atoms. The van der Waals surface area contributed by atoms with Crippen molar-refractivity contribution in [2.75, 3.05) is 0 Å². The number of aromatic nitrogens is 1. The van der Waals surface area contributed by atoms with Gasteiger partial charge in [-0.2, -0.15) is 0 Å². The Kier molecular flexibility index (Phi) is 4.75. The van der Waals surface area contributed by atoms with Crippen LogP contribution in [0, 0.1) is 0 Å². The molecule has 2 heterocycles. The number of rotatable bonds is 3. The van der Waals surface area contributed by atoms with Gasteiger partial charge in [0, 0.05) is 24.0 Å². The minimum Gasteiger partial charge on any atom is -0.507 e. The lowest BCUT2D eigenvalue weighted by molar-refractivity contribution is -0.141. The Balaban J connectivity index is 1.86. The van der Waals surface area contributed by atoms with Gasteiger partial charge in [0.1, 0.15) is 5.76 Å². The molecule has 1 aromatic carbocycles. The number of Topliss-reactive ketones (excluding diaryl/α,β-unsaturated/α-hetero) is 1. The number of nitrogens with zero attached hydrogens (tertiary/aromatic N) is 2. The van der Waals surface area contributed by atoms with Crippen LogP contribution in [0.5, 0.6) is 0 Å². The van der Waals surface area contributed by atoms with Crippen LogP contribution in [-0.4, -0.2) is 32.7 Å². The highest BCUT2D eigenvalue weighted by atomic mass is 16.3. The van der Waals surface area contributed by atoms with Gasteiger partial charge in [0.05, 0.1) is 11.6 Å². The Morgan fingerprint density at radius 2 is 1.63 bits per heavy atom. The summed E-state index contributed by atoms with van der Waals surface area (Å²) in [7, 11) is 0. The Morgan fingerprint density at radius 1 is 0.963 bits per heavy atom. The number of carbonyl (C=O) groups is 2. The van der Waals surface area contributed by atoms with Gasteiger partial charge in [-0.3, -0.25) is 14.6 Å². The molecule has 4 rings (SSSR count). The normalized spacial score (nSPS) is 23.0. The first-order valence-electron chi connectivity index (χ1n) is 9.44. The summed E-state index contributed by atoms with van der Waals surface area (Å²) in [5.41, 5.74) is 1.51. The first kappa shape index (κ1) is 17.5. The Labute approximate surface area is 158 Å². The van der Waals surface area contributed by atoms with E-state index in [2.05, 4.69) is 4.98 Å². The molecule has 1 atom stereocenters. The predicted octanol–water partition coefficient (Wildman–Crippen LogP) is 3.84. The van der Waals surface area contributed by atoms with Gasteiger partial charge in [0.2, 0.25) is 0 Å². The zero-order valence-corrected chi connectivity index (χ0v) is 15.0. The Bertz CT molecular complexity index is 871. The van der Waals surface area contributed by atoms with E-state index >= 15 is 0 Å². The lowest BCUT2D eigenvalue weighted by Crippen LogP contribution is -2.40. The zero-order chi connectivity index (χ0) is 18.8. The number of likely N-dealkylation sites (tertiary alicyclic amines) is 1. The van der Waals surface area contributed by atoms with E-state index in [1.807, 2.05) is 18.2 Å². The highest BCUT2D eigenvalue weighted by Crippen LogP contribution is 2.42. The third-order valence-electron chi connectivity index (χ3n) is 5.52.